The third-order valence-electron chi connectivity index (χ3n) is 3.56. The van der Waals surface area contributed by atoms with E-state index in [1.165, 1.54) is 12.1 Å². The van der Waals surface area contributed by atoms with Crippen molar-refractivity contribution in [3.8, 4) is 34.1 Å². The van der Waals surface area contributed by atoms with Crippen LogP contribution in [0.1, 0.15) is 0 Å². The Hall–Kier alpha value is -2.40. The Kier molecular flexibility index (Phi) is 3.58. The molecule has 0 atom stereocenters. The van der Waals surface area contributed by atoms with Crippen molar-refractivity contribution in [1.82, 2.24) is 0 Å². The van der Waals surface area contributed by atoms with Gasteiger partial charge < -0.3 is 20.1 Å². The van der Waals surface area contributed by atoms with E-state index >= 15 is 0 Å². The Morgan fingerprint density at radius 3 is 2.14 bits per heavy atom. The molecule has 0 aliphatic carbocycles. The van der Waals surface area contributed by atoms with Gasteiger partial charge in [0.05, 0.1) is 11.6 Å². The lowest BCUT2D eigenvalue weighted by molar-refractivity contribution is 0.415. The molecule has 0 heterocycles. The van der Waals surface area contributed by atoms with Gasteiger partial charge in [-0.05, 0) is 57.0 Å². The van der Waals surface area contributed by atoms with Crippen LogP contribution in [0, 0.1) is 0 Å². The number of benzene rings is 3. The number of hydrogen-bond acceptors (Lipinski definition) is 4. The summed E-state index contributed by atoms with van der Waals surface area (Å²) >= 11 is 3.27. The highest BCUT2D eigenvalue weighted by molar-refractivity contribution is 9.10. The summed E-state index contributed by atoms with van der Waals surface area (Å²) < 4.78 is 5.55. The summed E-state index contributed by atoms with van der Waals surface area (Å²) in [7, 11) is 1.56. The Morgan fingerprint density at radius 1 is 0.818 bits per heavy atom. The van der Waals surface area contributed by atoms with Crippen molar-refractivity contribution in [2.24, 2.45) is 0 Å². The van der Waals surface area contributed by atoms with Crippen LogP contribution in [0.5, 0.6) is 23.0 Å². The summed E-state index contributed by atoms with van der Waals surface area (Å²) in [6.45, 7) is 0. The number of phenols is 3. The number of aromatic hydroxyl groups is 3. The van der Waals surface area contributed by atoms with Crippen molar-refractivity contribution in [2.45, 2.75) is 0 Å². The topological polar surface area (TPSA) is 69.9 Å². The lowest BCUT2D eigenvalue weighted by atomic mass is 9.96. The molecule has 0 aliphatic rings. The molecule has 0 radical (unpaired) electrons. The first-order valence-corrected chi connectivity index (χ1v) is 7.32. The molecule has 22 heavy (non-hydrogen) atoms. The summed E-state index contributed by atoms with van der Waals surface area (Å²) in [5, 5.41) is 32.0. The Bertz CT molecular complexity index is 874. The Labute approximate surface area is 135 Å². The molecule has 0 saturated carbocycles. The molecule has 0 fully saturated rings. The van der Waals surface area contributed by atoms with Crippen molar-refractivity contribution in [3.63, 3.8) is 0 Å². The molecule has 0 bridgehead atoms. The smallest absolute Gasteiger partial charge is 0.130 e. The molecule has 3 N–H and O–H groups in total. The number of halogens is 1. The zero-order chi connectivity index (χ0) is 15.9. The maximum absolute atomic E-state index is 10.3. The van der Waals surface area contributed by atoms with Crippen LogP contribution < -0.4 is 4.74 Å². The van der Waals surface area contributed by atoms with Crippen LogP contribution in [-0.2, 0) is 0 Å². The maximum atomic E-state index is 10.3. The molecule has 0 aliphatic heterocycles. The average molecular weight is 361 g/mol. The van der Waals surface area contributed by atoms with Gasteiger partial charge in [-0.3, -0.25) is 0 Å². The van der Waals surface area contributed by atoms with E-state index in [-0.39, 0.29) is 17.2 Å². The van der Waals surface area contributed by atoms with Gasteiger partial charge in [0.2, 0.25) is 0 Å². The van der Waals surface area contributed by atoms with Crippen LogP contribution in [0.2, 0.25) is 0 Å². The van der Waals surface area contributed by atoms with Crippen LogP contribution in [0.4, 0.5) is 0 Å². The van der Waals surface area contributed by atoms with Gasteiger partial charge in [0, 0.05) is 11.1 Å². The Morgan fingerprint density at radius 2 is 1.41 bits per heavy atom. The molecule has 112 valence electrons. The fourth-order valence-corrected chi connectivity index (χ4v) is 3.00. The monoisotopic (exact) mass is 360 g/mol. The van der Waals surface area contributed by atoms with Crippen molar-refractivity contribution >= 4 is 26.7 Å². The summed E-state index contributed by atoms with van der Waals surface area (Å²) in [6.07, 6.45) is 0. The van der Waals surface area contributed by atoms with Crippen LogP contribution in [0.25, 0.3) is 21.9 Å². The lowest BCUT2D eigenvalue weighted by Gasteiger charge is -2.14. The van der Waals surface area contributed by atoms with Crippen LogP contribution in [0.15, 0.2) is 46.9 Å². The van der Waals surface area contributed by atoms with E-state index in [2.05, 4.69) is 15.9 Å². The molecule has 0 amide bonds. The number of methoxy groups -OCH3 is 1. The largest absolute Gasteiger partial charge is 0.507 e. The van der Waals surface area contributed by atoms with Crippen LogP contribution in [-0.4, -0.2) is 22.4 Å². The molecule has 3 rings (SSSR count). The van der Waals surface area contributed by atoms with Gasteiger partial charge in [-0.25, -0.2) is 0 Å². The van der Waals surface area contributed by atoms with E-state index in [0.717, 1.165) is 5.39 Å². The summed E-state index contributed by atoms with van der Waals surface area (Å²) in [4.78, 5) is 0. The van der Waals surface area contributed by atoms with Gasteiger partial charge >= 0.3 is 0 Å². The van der Waals surface area contributed by atoms with Gasteiger partial charge in [-0.1, -0.05) is 12.1 Å². The SMILES string of the molecule is COc1ccc2ccc(O)c(-c3c(O)ccc(O)c3Br)c2c1. The second-order valence-electron chi connectivity index (χ2n) is 4.84. The molecule has 0 unspecified atom stereocenters. The highest BCUT2D eigenvalue weighted by Crippen LogP contribution is 2.47. The first kappa shape index (κ1) is 14.5. The fourth-order valence-electron chi connectivity index (χ4n) is 2.47. The minimum Gasteiger partial charge on any atom is -0.507 e. The maximum Gasteiger partial charge on any atom is 0.130 e. The number of phenolic OH excluding ortho intramolecular Hbond substituents is 3. The van der Waals surface area contributed by atoms with E-state index in [1.807, 2.05) is 12.1 Å². The molecule has 4 nitrogen and oxygen atoms in total. The molecule has 0 aromatic heterocycles. The van der Waals surface area contributed by atoms with E-state index < -0.39 is 0 Å². The van der Waals surface area contributed by atoms with Crippen LogP contribution >= 0.6 is 15.9 Å². The molecule has 5 heteroatoms. The van der Waals surface area contributed by atoms with Crippen LogP contribution in [0.3, 0.4) is 0 Å². The average Bonchev–Trinajstić information content (AvgIpc) is 2.52. The quantitative estimate of drug-likeness (QED) is 0.592. The lowest BCUT2D eigenvalue weighted by Crippen LogP contribution is -1.88. The fraction of sp³-hybridized carbons (Fsp3) is 0.0588. The van der Waals surface area contributed by atoms with E-state index in [4.69, 9.17) is 4.74 Å². The summed E-state index contributed by atoms with van der Waals surface area (Å²) in [5.41, 5.74) is 0.757. The number of fused-ring (bicyclic) bond motifs is 1. The van der Waals surface area contributed by atoms with E-state index in [1.54, 1.807) is 25.3 Å². The molecular weight excluding hydrogens is 348 g/mol. The predicted molar refractivity (Wildman–Crippen MR) is 88.6 cm³/mol. The highest BCUT2D eigenvalue weighted by Gasteiger charge is 2.19. The van der Waals surface area contributed by atoms with E-state index in [9.17, 15) is 15.3 Å². The molecule has 0 spiro atoms. The second kappa shape index (κ2) is 5.42. The summed E-state index contributed by atoms with van der Waals surface area (Å²) in [5.74, 6) is 0.569. The minimum absolute atomic E-state index is 0.00218. The molecule has 3 aromatic rings. The number of rotatable bonds is 2. The predicted octanol–water partition coefficient (Wildman–Crippen LogP) is 4.39. The van der Waals surface area contributed by atoms with E-state index in [0.29, 0.717) is 26.7 Å². The molecular formula is C17H13BrO4. The minimum atomic E-state index is -0.0460. The Balaban J connectivity index is 2.45. The molecule has 3 aromatic carbocycles. The first-order chi connectivity index (χ1) is 10.5. The second-order valence-corrected chi connectivity index (χ2v) is 5.63. The number of ether oxygens (including phenoxy) is 1. The van der Waals surface area contributed by atoms with Gasteiger partial charge in [-0.15, -0.1) is 0 Å². The van der Waals surface area contributed by atoms with Crippen molar-refractivity contribution in [3.05, 3.63) is 46.9 Å². The highest BCUT2D eigenvalue weighted by atomic mass is 79.9. The normalized spacial score (nSPS) is 10.8. The first-order valence-electron chi connectivity index (χ1n) is 6.53. The van der Waals surface area contributed by atoms with Gasteiger partial charge in [-0.2, -0.15) is 0 Å². The van der Waals surface area contributed by atoms with Gasteiger partial charge in [0.15, 0.2) is 0 Å². The van der Waals surface area contributed by atoms with Gasteiger partial charge in [0.1, 0.15) is 23.0 Å². The molecule has 0 saturated heterocycles. The zero-order valence-electron chi connectivity index (χ0n) is 11.7. The third-order valence-corrected chi connectivity index (χ3v) is 4.36. The van der Waals surface area contributed by atoms with Crippen molar-refractivity contribution < 1.29 is 20.1 Å². The number of hydrogen-bond donors (Lipinski definition) is 3. The van der Waals surface area contributed by atoms with Crippen molar-refractivity contribution in [1.29, 1.82) is 0 Å². The van der Waals surface area contributed by atoms with Gasteiger partial charge in [0.25, 0.3) is 0 Å². The third kappa shape index (κ3) is 2.23. The van der Waals surface area contributed by atoms with Crippen molar-refractivity contribution in [2.75, 3.05) is 7.11 Å². The summed E-state index contributed by atoms with van der Waals surface area (Å²) in [6, 6.07) is 11.6. The zero-order valence-corrected chi connectivity index (χ0v) is 13.3. The standard InChI is InChI=1S/C17H13BrO4/c1-22-10-4-2-9-3-5-12(19)15(11(9)8-10)16-13(20)6-7-14(21)17(16)18/h2-8,19-21H,1H3.